The van der Waals surface area contributed by atoms with E-state index in [0.29, 0.717) is 17.3 Å². The third-order valence-electron chi connectivity index (χ3n) is 5.63. The van der Waals surface area contributed by atoms with E-state index in [2.05, 4.69) is 56.5 Å². The summed E-state index contributed by atoms with van der Waals surface area (Å²) in [6, 6.07) is 9.81. The minimum absolute atomic E-state index is 0.116. The summed E-state index contributed by atoms with van der Waals surface area (Å²) >= 11 is 0. The van der Waals surface area contributed by atoms with Gasteiger partial charge >= 0.3 is 0 Å². The van der Waals surface area contributed by atoms with E-state index in [9.17, 15) is 5.11 Å². The van der Waals surface area contributed by atoms with Crippen molar-refractivity contribution in [1.82, 2.24) is 35.1 Å². The van der Waals surface area contributed by atoms with Crippen molar-refractivity contribution in [1.29, 1.82) is 0 Å². The van der Waals surface area contributed by atoms with Crippen LogP contribution >= 0.6 is 0 Å². The van der Waals surface area contributed by atoms with Gasteiger partial charge in [-0.2, -0.15) is 0 Å². The number of fused-ring (bicyclic) bond motifs is 1. The zero-order valence-corrected chi connectivity index (χ0v) is 16.4. The molecule has 0 radical (unpaired) electrons. The highest BCUT2D eigenvalue weighted by molar-refractivity contribution is 5.81. The molecule has 2 N–H and O–H groups in total. The van der Waals surface area contributed by atoms with Crippen LogP contribution in [0.15, 0.2) is 48.9 Å². The number of rotatable bonds is 3. The standard InChI is InChI=1S/C21H23N7O/c1-21(2)13-16(5-7-22-21)27-9-6-14-11-18(24-25-20(14)27)17-4-3-15(12-19(17)29)28-10-8-23-26-28/h3-4,6,8-12,16,22,29H,5,7,13H2,1-2H3/t16-/m1/s1. The van der Waals surface area contributed by atoms with Gasteiger partial charge in [0.25, 0.3) is 0 Å². The van der Waals surface area contributed by atoms with Gasteiger partial charge in [-0.25, -0.2) is 4.68 Å². The number of aromatic nitrogens is 6. The third-order valence-corrected chi connectivity index (χ3v) is 5.63. The second kappa shape index (κ2) is 6.66. The summed E-state index contributed by atoms with van der Waals surface area (Å²) in [4.78, 5) is 0. The summed E-state index contributed by atoms with van der Waals surface area (Å²) in [5.74, 6) is 0.131. The van der Waals surface area contributed by atoms with Crippen molar-refractivity contribution in [3.8, 4) is 22.7 Å². The van der Waals surface area contributed by atoms with E-state index in [4.69, 9.17) is 0 Å². The minimum Gasteiger partial charge on any atom is -0.507 e. The van der Waals surface area contributed by atoms with E-state index < -0.39 is 0 Å². The largest absolute Gasteiger partial charge is 0.507 e. The molecule has 0 bridgehead atoms. The highest BCUT2D eigenvalue weighted by atomic mass is 16.3. The van der Waals surface area contributed by atoms with Crippen LogP contribution in [0.25, 0.3) is 28.0 Å². The molecule has 0 unspecified atom stereocenters. The first-order chi connectivity index (χ1) is 14.0. The summed E-state index contributed by atoms with van der Waals surface area (Å²) in [7, 11) is 0. The van der Waals surface area contributed by atoms with Crippen LogP contribution in [0.4, 0.5) is 0 Å². The summed E-state index contributed by atoms with van der Waals surface area (Å²) < 4.78 is 3.83. The molecule has 5 rings (SSSR count). The van der Waals surface area contributed by atoms with Crippen LogP contribution in [-0.2, 0) is 0 Å². The van der Waals surface area contributed by atoms with E-state index >= 15 is 0 Å². The Kier molecular flexibility index (Phi) is 4.09. The number of benzene rings is 1. The van der Waals surface area contributed by atoms with Crippen LogP contribution in [0.2, 0.25) is 0 Å². The Hall–Kier alpha value is -3.26. The second-order valence-electron chi connectivity index (χ2n) is 8.24. The molecule has 3 aromatic heterocycles. The van der Waals surface area contributed by atoms with Gasteiger partial charge in [0.15, 0.2) is 5.65 Å². The lowest BCUT2D eigenvalue weighted by Crippen LogP contribution is -2.46. The Bertz CT molecular complexity index is 1160. The van der Waals surface area contributed by atoms with Crippen LogP contribution in [0.3, 0.4) is 0 Å². The Morgan fingerprint density at radius 3 is 2.79 bits per heavy atom. The number of phenols is 1. The summed E-state index contributed by atoms with van der Waals surface area (Å²) in [6.45, 7) is 5.47. The number of nitrogens with one attached hydrogen (secondary N) is 1. The summed E-state index contributed by atoms with van der Waals surface area (Å²) in [5.41, 5.74) is 3.01. The molecule has 1 atom stereocenters. The van der Waals surface area contributed by atoms with Gasteiger partial charge in [-0.3, -0.25) is 0 Å². The lowest BCUT2D eigenvalue weighted by Gasteiger charge is -2.37. The third kappa shape index (κ3) is 3.25. The number of hydrogen-bond acceptors (Lipinski definition) is 6. The van der Waals surface area contributed by atoms with Crippen molar-refractivity contribution in [2.75, 3.05) is 6.54 Å². The maximum Gasteiger partial charge on any atom is 0.162 e. The molecule has 0 amide bonds. The number of phenolic OH excluding ortho intramolecular Hbond substituents is 1. The lowest BCUT2D eigenvalue weighted by molar-refractivity contribution is 0.235. The van der Waals surface area contributed by atoms with Crippen LogP contribution in [-0.4, -0.2) is 46.9 Å². The molecule has 1 aromatic carbocycles. The zero-order valence-electron chi connectivity index (χ0n) is 16.4. The fraction of sp³-hybridized carbons (Fsp3) is 0.333. The molecule has 0 spiro atoms. The topological polar surface area (TPSA) is 93.7 Å². The first kappa shape index (κ1) is 17.8. The van der Waals surface area contributed by atoms with Crippen molar-refractivity contribution in [3.63, 3.8) is 0 Å². The Morgan fingerprint density at radius 2 is 2.03 bits per heavy atom. The van der Waals surface area contributed by atoms with Crippen molar-refractivity contribution < 1.29 is 5.11 Å². The van der Waals surface area contributed by atoms with Gasteiger partial charge in [0, 0.05) is 34.8 Å². The van der Waals surface area contributed by atoms with Crippen molar-refractivity contribution >= 4 is 11.0 Å². The predicted molar refractivity (Wildman–Crippen MR) is 110 cm³/mol. The molecule has 8 nitrogen and oxygen atoms in total. The smallest absolute Gasteiger partial charge is 0.162 e. The molecule has 1 fully saturated rings. The van der Waals surface area contributed by atoms with Gasteiger partial charge in [0.1, 0.15) is 5.75 Å². The molecule has 4 heterocycles. The summed E-state index contributed by atoms with van der Waals surface area (Å²) in [6.07, 6.45) is 7.54. The fourth-order valence-electron chi connectivity index (χ4n) is 4.18. The molecular weight excluding hydrogens is 366 g/mol. The molecule has 1 saturated heterocycles. The molecule has 0 saturated carbocycles. The first-order valence-electron chi connectivity index (χ1n) is 9.80. The monoisotopic (exact) mass is 389 g/mol. The van der Waals surface area contributed by atoms with Crippen molar-refractivity contribution in [2.45, 2.75) is 38.3 Å². The summed E-state index contributed by atoms with van der Waals surface area (Å²) in [5, 5.41) is 31.8. The molecule has 1 aliphatic heterocycles. The molecule has 29 heavy (non-hydrogen) atoms. The number of piperidine rings is 1. The Morgan fingerprint density at radius 1 is 1.14 bits per heavy atom. The second-order valence-corrected chi connectivity index (χ2v) is 8.24. The lowest BCUT2D eigenvalue weighted by atomic mass is 9.89. The van der Waals surface area contributed by atoms with Gasteiger partial charge in [-0.1, -0.05) is 5.21 Å². The first-order valence-corrected chi connectivity index (χ1v) is 9.80. The van der Waals surface area contributed by atoms with Crippen molar-refractivity contribution in [2.24, 2.45) is 0 Å². The van der Waals surface area contributed by atoms with E-state index in [1.165, 1.54) is 0 Å². The molecule has 8 heteroatoms. The van der Waals surface area contributed by atoms with Gasteiger partial charge in [0.2, 0.25) is 0 Å². The Balaban J connectivity index is 1.48. The van der Waals surface area contributed by atoms with Crippen LogP contribution in [0.1, 0.15) is 32.7 Å². The number of nitrogens with zero attached hydrogens (tertiary/aromatic N) is 6. The highest BCUT2D eigenvalue weighted by Crippen LogP contribution is 2.33. The number of hydrogen-bond donors (Lipinski definition) is 2. The highest BCUT2D eigenvalue weighted by Gasteiger charge is 2.29. The van der Waals surface area contributed by atoms with Gasteiger partial charge in [0.05, 0.1) is 23.8 Å². The SMILES string of the molecule is CC1(C)C[C@H](n2ccc3cc(-c4ccc(-n5ccnn5)cc4O)nnc32)CCN1. The molecule has 0 aliphatic carbocycles. The van der Waals surface area contributed by atoms with Gasteiger partial charge < -0.3 is 15.0 Å². The van der Waals surface area contributed by atoms with E-state index in [1.807, 2.05) is 18.2 Å². The zero-order chi connectivity index (χ0) is 20.0. The quantitative estimate of drug-likeness (QED) is 0.559. The molecular formula is C21H23N7O. The number of aromatic hydroxyl groups is 1. The van der Waals surface area contributed by atoms with Crippen LogP contribution < -0.4 is 5.32 Å². The average molecular weight is 389 g/mol. The predicted octanol–water partition coefficient (Wildman–Crippen LogP) is 3.09. The van der Waals surface area contributed by atoms with Gasteiger partial charge in [-0.15, -0.1) is 15.3 Å². The minimum atomic E-state index is 0.116. The van der Waals surface area contributed by atoms with Crippen LogP contribution in [0.5, 0.6) is 5.75 Å². The van der Waals surface area contributed by atoms with E-state index in [1.54, 1.807) is 23.1 Å². The molecule has 148 valence electrons. The maximum atomic E-state index is 10.5. The van der Waals surface area contributed by atoms with Crippen LogP contribution in [0, 0.1) is 0 Å². The van der Waals surface area contributed by atoms with E-state index in [-0.39, 0.29) is 11.3 Å². The average Bonchev–Trinajstić information content (AvgIpc) is 3.37. The maximum absolute atomic E-state index is 10.5. The fourth-order valence-corrected chi connectivity index (χ4v) is 4.18. The molecule has 1 aliphatic rings. The molecule has 4 aromatic rings. The van der Waals surface area contributed by atoms with Gasteiger partial charge in [-0.05, 0) is 57.5 Å². The Labute approximate surface area is 168 Å². The normalized spacial score (nSPS) is 18.9. The van der Waals surface area contributed by atoms with E-state index in [0.717, 1.165) is 36.1 Å². The van der Waals surface area contributed by atoms with Crippen molar-refractivity contribution in [3.05, 3.63) is 48.9 Å².